The van der Waals surface area contributed by atoms with Gasteiger partial charge in [-0.1, -0.05) is 12.6 Å². The predicted molar refractivity (Wildman–Crippen MR) is 133 cm³/mol. The molecule has 186 valence electrons. The summed E-state index contributed by atoms with van der Waals surface area (Å²) < 4.78 is 22.4. The molecule has 0 saturated carbocycles. The zero-order valence-corrected chi connectivity index (χ0v) is 20.4. The second-order valence-electron chi connectivity index (χ2n) is 9.05. The second-order valence-corrected chi connectivity index (χ2v) is 9.57. The third-order valence-electron chi connectivity index (χ3n) is 7.03. The van der Waals surface area contributed by atoms with E-state index in [4.69, 9.17) is 16.3 Å². The van der Waals surface area contributed by atoms with Crippen molar-refractivity contribution in [3.63, 3.8) is 0 Å². The van der Waals surface area contributed by atoms with Crippen LogP contribution < -0.4 is 10.5 Å². The Hall–Kier alpha value is -3.77. The maximum Gasteiger partial charge on any atom is 0.271 e. The highest BCUT2D eigenvalue weighted by Gasteiger charge is 2.40. The minimum Gasteiger partial charge on any atom is -0.507 e. The zero-order valence-electron chi connectivity index (χ0n) is 19.6. The molecule has 1 amide bonds. The van der Waals surface area contributed by atoms with E-state index in [0.717, 1.165) is 0 Å². The Morgan fingerprint density at radius 2 is 2.14 bits per heavy atom. The van der Waals surface area contributed by atoms with E-state index in [-0.39, 0.29) is 59.7 Å². The smallest absolute Gasteiger partial charge is 0.271 e. The van der Waals surface area contributed by atoms with E-state index >= 15 is 0 Å². The first-order valence-corrected chi connectivity index (χ1v) is 12.1. The van der Waals surface area contributed by atoms with Gasteiger partial charge in [0.25, 0.3) is 5.56 Å². The molecule has 0 spiro atoms. The number of rotatable bonds is 3. The number of hydrogen-bond donors (Lipinski definition) is 1. The molecule has 1 unspecified atom stereocenters. The van der Waals surface area contributed by atoms with Crippen LogP contribution >= 0.6 is 11.6 Å². The molecule has 1 saturated heterocycles. The fourth-order valence-corrected chi connectivity index (χ4v) is 5.82. The summed E-state index contributed by atoms with van der Waals surface area (Å²) in [5, 5.41) is 19.7. The zero-order chi connectivity index (χ0) is 25.7. The van der Waals surface area contributed by atoms with Crippen molar-refractivity contribution in [3.8, 4) is 11.8 Å². The van der Waals surface area contributed by atoms with Gasteiger partial charge in [0.05, 0.1) is 28.9 Å². The van der Waals surface area contributed by atoms with Gasteiger partial charge in [-0.15, -0.1) is 11.6 Å². The van der Waals surface area contributed by atoms with Crippen LogP contribution in [-0.4, -0.2) is 58.1 Å². The van der Waals surface area contributed by atoms with Crippen LogP contribution in [0, 0.1) is 17.1 Å². The number of halogens is 2. The van der Waals surface area contributed by atoms with Crippen molar-refractivity contribution < 1.29 is 19.0 Å². The molecule has 3 aliphatic rings. The van der Waals surface area contributed by atoms with Crippen LogP contribution in [0.4, 0.5) is 10.1 Å². The number of alkyl halides is 1. The topological polar surface area (TPSA) is 98.8 Å². The fourth-order valence-electron chi connectivity index (χ4n) is 5.45. The summed E-state index contributed by atoms with van der Waals surface area (Å²) in [5.74, 6) is -0.873. The SMILES string of the molecule is C=CC(=O)N1CCN(c2c3c4n(c(=O)c2C#N)CCOC4=C(c2c(O)cccc2F)C(Cl)C3)[C@@H](C)C1. The number of nitriles is 1. The number of hydrogen-bond acceptors (Lipinski definition) is 6. The Morgan fingerprint density at radius 1 is 1.36 bits per heavy atom. The van der Waals surface area contributed by atoms with Gasteiger partial charge in [0.2, 0.25) is 5.91 Å². The van der Waals surface area contributed by atoms with Crippen LogP contribution in [0.25, 0.3) is 11.3 Å². The highest BCUT2D eigenvalue weighted by Crippen LogP contribution is 2.47. The quantitative estimate of drug-likeness (QED) is 0.503. The number of aromatic nitrogens is 1. The maximum atomic E-state index is 14.9. The van der Waals surface area contributed by atoms with Crippen molar-refractivity contribution >= 4 is 34.5 Å². The number of carbonyl (C=O) groups is 1. The summed E-state index contributed by atoms with van der Waals surface area (Å²) in [6.07, 6.45) is 1.46. The molecule has 1 N–H and O–H groups in total. The molecule has 8 nitrogen and oxygen atoms in total. The van der Waals surface area contributed by atoms with Crippen LogP contribution in [0.5, 0.6) is 5.75 Å². The predicted octanol–water partition coefficient (Wildman–Crippen LogP) is 2.85. The van der Waals surface area contributed by atoms with Crippen molar-refractivity contribution in [2.75, 3.05) is 31.1 Å². The number of carbonyl (C=O) groups excluding carboxylic acids is 1. The first-order chi connectivity index (χ1) is 17.3. The van der Waals surface area contributed by atoms with Crippen LogP contribution in [0.15, 0.2) is 35.6 Å². The van der Waals surface area contributed by atoms with E-state index in [0.29, 0.717) is 36.6 Å². The standard InChI is InChI=1S/C26H24ClFN4O4/c1-3-20(34)30-7-8-31(14(2)13-30)23-15-11-17(27)21(22-18(28)5-4-6-19(22)33)25-24(15)32(9-10-36-25)26(35)16(23)12-29/h3-6,14,17,33H,1,7-11,13H2,2H3/t14-,17?/m0/s1. The summed E-state index contributed by atoms with van der Waals surface area (Å²) in [4.78, 5) is 29.3. The number of allylic oxidation sites excluding steroid dienone is 1. The normalized spacial score (nSPS) is 20.9. The average Bonchev–Trinajstić information content (AvgIpc) is 2.86. The molecule has 10 heteroatoms. The monoisotopic (exact) mass is 510 g/mol. The number of amides is 1. The molecule has 0 bridgehead atoms. The summed E-state index contributed by atoms with van der Waals surface area (Å²) >= 11 is 6.84. The van der Waals surface area contributed by atoms with Crippen molar-refractivity contribution in [1.29, 1.82) is 5.26 Å². The molecule has 3 heterocycles. The van der Waals surface area contributed by atoms with Crippen molar-refractivity contribution in [2.24, 2.45) is 0 Å². The number of benzene rings is 1. The number of phenols is 1. The van der Waals surface area contributed by atoms with Crippen molar-refractivity contribution in [2.45, 2.75) is 31.3 Å². The number of nitrogens with zero attached hydrogens (tertiary/aromatic N) is 4. The summed E-state index contributed by atoms with van der Waals surface area (Å²) in [6, 6.07) is 5.89. The third kappa shape index (κ3) is 3.56. The number of phenolic OH excluding ortho intramolecular Hbond substituents is 1. The minimum absolute atomic E-state index is 0.00593. The van der Waals surface area contributed by atoms with Crippen molar-refractivity contribution in [1.82, 2.24) is 9.47 Å². The fraction of sp³-hybridized carbons (Fsp3) is 0.346. The summed E-state index contributed by atoms with van der Waals surface area (Å²) in [6.45, 7) is 7.02. The van der Waals surface area contributed by atoms with Gasteiger partial charge in [0, 0.05) is 36.8 Å². The Bertz CT molecular complexity index is 1410. The molecule has 1 fully saturated rings. The lowest BCUT2D eigenvalue weighted by molar-refractivity contribution is -0.126. The molecule has 0 radical (unpaired) electrons. The van der Waals surface area contributed by atoms with E-state index in [1.165, 1.54) is 28.8 Å². The number of ether oxygens (including phenoxy) is 1. The molecular weight excluding hydrogens is 487 g/mol. The van der Waals surface area contributed by atoms with E-state index in [1.54, 1.807) is 4.90 Å². The summed E-state index contributed by atoms with van der Waals surface area (Å²) in [7, 11) is 0. The molecule has 2 aromatic rings. The summed E-state index contributed by atoms with van der Waals surface area (Å²) in [5.41, 5.74) is 1.34. The van der Waals surface area contributed by atoms with E-state index in [2.05, 4.69) is 12.6 Å². The average molecular weight is 511 g/mol. The molecule has 5 rings (SSSR count). The van der Waals surface area contributed by atoms with E-state index < -0.39 is 16.8 Å². The molecule has 2 aliphatic heterocycles. The Labute approximate surface area is 212 Å². The second kappa shape index (κ2) is 9.03. The van der Waals surface area contributed by atoms with Gasteiger partial charge in [0.1, 0.15) is 35.6 Å². The molecule has 2 atom stereocenters. The number of aromatic hydroxyl groups is 1. The van der Waals surface area contributed by atoms with Gasteiger partial charge in [-0.25, -0.2) is 4.39 Å². The number of anilines is 1. The first kappa shape index (κ1) is 23.9. The highest BCUT2D eigenvalue weighted by atomic mass is 35.5. The lowest BCUT2D eigenvalue weighted by Crippen LogP contribution is -2.54. The molecule has 1 aromatic carbocycles. The van der Waals surface area contributed by atoms with E-state index in [9.17, 15) is 24.3 Å². The molecule has 1 aromatic heterocycles. The molecule has 1 aliphatic carbocycles. The van der Waals surface area contributed by atoms with Gasteiger partial charge in [-0.2, -0.15) is 5.26 Å². The van der Waals surface area contributed by atoms with Crippen LogP contribution in [0.1, 0.15) is 29.3 Å². The van der Waals surface area contributed by atoms with Crippen LogP contribution in [-0.2, 0) is 22.5 Å². The third-order valence-corrected chi connectivity index (χ3v) is 7.40. The van der Waals surface area contributed by atoms with Crippen LogP contribution in [0.3, 0.4) is 0 Å². The highest BCUT2D eigenvalue weighted by molar-refractivity contribution is 6.29. The van der Waals surface area contributed by atoms with Gasteiger partial charge in [-0.05, 0) is 31.6 Å². The Balaban J connectivity index is 1.75. The lowest BCUT2D eigenvalue weighted by atomic mass is 9.85. The van der Waals surface area contributed by atoms with Crippen molar-refractivity contribution in [3.05, 3.63) is 69.4 Å². The molecular formula is C26H24ClFN4O4. The number of piperazine rings is 1. The van der Waals surface area contributed by atoms with Crippen LogP contribution in [0.2, 0.25) is 0 Å². The molecule has 36 heavy (non-hydrogen) atoms. The Morgan fingerprint density at radius 3 is 2.81 bits per heavy atom. The van der Waals surface area contributed by atoms with Gasteiger partial charge >= 0.3 is 0 Å². The lowest BCUT2D eigenvalue weighted by Gasteiger charge is -2.43. The van der Waals surface area contributed by atoms with E-state index in [1.807, 2.05) is 11.8 Å². The van der Waals surface area contributed by atoms with Gasteiger partial charge in [0.15, 0.2) is 0 Å². The van der Waals surface area contributed by atoms with Gasteiger partial charge < -0.3 is 24.2 Å². The van der Waals surface area contributed by atoms with Gasteiger partial charge in [-0.3, -0.25) is 9.59 Å². The first-order valence-electron chi connectivity index (χ1n) is 11.7. The largest absolute Gasteiger partial charge is 0.507 e. The Kier molecular flexibility index (Phi) is 6.00. The number of pyridine rings is 1. The minimum atomic E-state index is -0.788. The maximum absolute atomic E-state index is 14.9.